The fourth-order valence-electron chi connectivity index (χ4n) is 2.53. The van der Waals surface area contributed by atoms with Gasteiger partial charge in [-0.2, -0.15) is 0 Å². The molecule has 112 valence electrons. The van der Waals surface area contributed by atoms with Crippen molar-refractivity contribution in [3.63, 3.8) is 0 Å². The third-order valence-corrected chi connectivity index (χ3v) is 3.69. The van der Waals surface area contributed by atoms with E-state index in [9.17, 15) is 5.11 Å². The third kappa shape index (κ3) is 3.93. The Kier molecular flexibility index (Phi) is 5.54. The molecule has 1 N–H and O–H groups in total. The lowest BCUT2D eigenvalue weighted by molar-refractivity contribution is -0.0585. The zero-order valence-electron chi connectivity index (χ0n) is 13.0. The molecular formula is C19H24O2. The van der Waals surface area contributed by atoms with Crippen LogP contribution in [0.4, 0.5) is 0 Å². The second kappa shape index (κ2) is 7.39. The van der Waals surface area contributed by atoms with Gasteiger partial charge in [0.15, 0.2) is 0 Å². The number of aliphatic hydroxyl groups excluding tert-OH is 1. The average molecular weight is 284 g/mol. The Morgan fingerprint density at radius 3 is 2.00 bits per heavy atom. The highest BCUT2D eigenvalue weighted by atomic mass is 16.5. The largest absolute Gasteiger partial charge is 0.386 e. The van der Waals surface area contributed by atoms with Gasteiger partial charge in [0.25, 0.3) is 0 Å². The van der Waals surface area contributed by atoms with E-state index in [1.807, 2.05) is 37.3 Å². The van der Waals surface area contributed by atoms with E-state index in [-0.39, 0.29) is 12.0 Å². The normalized spacial score (nSPS) is 14.1. The van der Waals surface area contributed by atoms with Crippen molar-refractivity contribution < 1.29 is 9.84 Å². The van der Waals surface area contributed by atoms with Crippen molar-refractivity contribution in [3.8, 4) is 11.1 Å². The Morgan fingerprint density at radius 2 is 1.48 bits per heavy atom. The molecule has 2 nitrogen and oxygen atoms in total. The van der Waals surface area contributed by atoms with Gasteiger partial charge >= 0.3 is 0 Å². The molecule has 0 aliphatic heterocycles. The summed E-state index contributed by atoms with van der Waals surface area (Å²) in [5.41, 5.74) is 3.25. The molecule has 0 aliphatic rings. The third-order valence-electron chi connectivity index (χ3n) is 3.69. The number of hydrogen-bond acceptors (Lipinski definition) is 2. The number of ether oxygens (including phenoxy) is 1. The zero-order chi connectivity index (χ0) is 15.2. The SMILES string of the molecule is CCOC(C(C)C)C(O)c1ccc(-c2ccccc2)cc1. The Morgan fingerprint density at radius 1 is 0.905 bits per heavy atom. The fourth-order valence-corrected chi connectivity index (χ4v) is 2.53. The standard InChI is InChI=1S/C19H24O2/c1-4-21-19(14(2)3)18(20)17-12-10-16(11-13-17)15-8-6-5-7-9-15/h5-14,18-20H,4H2,1-3H3. The van der Waals surface area contributed by atoms with Crippen LogP contribution in [0.3, 0.4) is 0 Å². The summed E-state index contributed by atoms with van der Waals surface area (Å²) >= 11 is 0. The summed E-state index contributed by atoms with van der Waals surface area (Å²) in [5, 5.41) is 10.5. The first-order valence-electron chi connectivity index (χ1n) is 7.58. The van der Waals surface area contributed by atoms with Crippen LogP contribution in [-0.2, 0) is 4.74 Å². The van der Waals surface area contributed by atoms with Gasteiger partial charge in [-0.1, -0.05) is 68.4 Å². The van der Waals surface area contributed by atoms with Crippen LogP contribution in [0, 0.1) is 5.92 Å². The predicted molar refractivity (Wildman–Crippen MR) is 87.1 cm³/mol. The highest BCUT2D eigenvalue weighted by Crippen LogP contribution is 2.27. The minimum Gasteiger partial charge on any atom is -0.386 e. The molecule has 0 amide bonds. The van der Waals surface area contributed by atoms with E-state index >= 15 is 0 Å². The lowest BCUT2D eigenvalue weighted by Crippen LogP contribution is -2.27. The van der Waals surface area contributed by atoms with E-state index in [0.717, 1.165) is 11.1 Å². The van der Waals surface area contributed by atoms with E-state index in [0.29, 0.717) is 6.61 Å². The molecule has 2 heteroatoms. The van der Waals surface area contributed by atoms with E-state index < -0.39 is 6.10 Å². The predicted octanol–water partition coefficient (Wildman–Crippen LogP) is 4.45. The molecule has 0 aliphatic carbocycles. The molecule has 2 aromatic rings. The maximum atomic E-state index is 10.5. The van der Waals surface area contributed by atoms with Crippen molar-refractivity contribution >= 4 is 0 Å². The van der Waals surface area contributed by atoms with Crippen LogP contribution < -0.4 is 0 Å². The number of aliphatic hydroxyl groups is 1. The zero-order valence-corrected chi connectivity index (χ0v) is 13.0. The first-order valence-corrected chi connectivity index (χ1v) is 7.58. The fraction of sp³-hybridized carbons (Fsp3) is 0.368. The van der Waals surface area contributed by atoms with Crippen LogP contribution in [0.15, 0.2) is 54.6 Å². The molecule has 0 fully saturated rings. The average Bonchev–Trinajstić information content (AvgIpc) is 2.53. The molecular weight excluding hydrogens is 260 g/mol. The van der Waals surface area contributed by atoms with Crippen molar-refractivity contribution in [1.82, 2.24) is 0 Å². The van der Waals surface area contributed by atoms with Crippen LogP contribution in [0.1, 0.15) is 32.4 Å². The molecule has 21 heavy (non-hydrogen) atoms. The molecule has 2 rings (SSSR count). The molecule has 0 aromatic heterocycles. The van der Waals surface area contributed by atoms with Crippen molar-refractivity contribution in [2.24, 2.45) is 5.92 Å². The van der Waals surface area contributed by atoms with Gasteiger partial charge in [-0.15, -0.1) is 0 Å². The summed E-state index contributed by atoms with van der Waals surface area (Å²) in [4.78, 5) is 0. The molecule has 0 bridgehead atoms. The van der Waals surface area contributed by atoms with Gasteiger partial charge in [-0.3, -0.25) is 0 Å². The van der Waals surface area contributed by atoms with Crippen LogP contribution in [0.5, 0.6) is 0 Å². The van der Waals surface area contributed by atoms with Crippen molar-refractivity contribution in [2.75, 3.05) is 6.61 Å². The van der Waals surface area contributed by atoms with Gasteiger partial charge in [0.05, 0.1) is 6.10 Å². The Balaban J connectivity index is 2.18. The monoisotopic (exact) mass is 284 g/mol. The highest BCUT2D eigenvalue weighted by molar-refractivity contribution is 5.63. The second-order valence-corrected chi connectivity index (χ2v) is 5.60. The van der Waals surface area contributed by atoms with Crippen LogP contribution in [0.2, 0.25) is 0 Å². The van der Waals surface area contributed by atoms with E-state index in [1.165, 1.54) is 5.56 Å². The molecule has 2 atom stereocenters. The van der Waals surface area contributed by atoms with Crippen molar-refractivity contribution in [2.45, 2.75) is 33.0 Å². The van der Waals surface area contributed by atoms with E-state index in [2.05, 4.69) is 38.1 Å². The van der Waals surface area contributed by atoms with Gasteiger partial charge in [-0.05, 0) is 29.5 Å². The van der Waals surface area contributed by atoms with Gasteiger partial charge in [0, 0.05) is 6.61 Å². The van der Waals surface area contributed by atoms with Gasteiger partial charge in [-0.25, -0.2) is 0 Å². The summed E-state index contributed by atoms with van der Waals surface area (Å²) in [6, 6.07) is 18.3. The summed E-state index contributed by atoms with van der Waals surface area (Å²) < 4.78 is 5.68. The van der Waals surface area contributed by atoms with Gasteiger partial charge in [0.1, 0.15) is 6.10 Å². The number of rotatable bonds is 6. The lowest BCUT2D eigenvalue weighted by Gasteiger charge is -2.26. The van der Waals surface area contributed by atoms with Gasteiger partial charge in [0.2, 0.25) is 0 Å². The van der Waals surface area contributed by atoms with Crippen molar-refractivity contribution in [3.05, 3.63) is 60.2 Å². The highest BCUT2D eigenvalue weighted by Gasteiger charge is 2.24. The quantitative estimate of drug-likeness (QED) is 0.849. The maximum Gasteiger partial charge on any atom is 0.105 e. The van der Waals surface area contributed by atoms with Crippen LogP contribution in [0.25, 0.3) is 11.1 Å². The lowest BCUT2D eigenvalue weighted by atomic mass is 9.94. The van der Waals surface area contributed by atoms with Crippen molar-refractivity contribution in [1.29, 1.82) is 0 Å². The van der Waals surface area contributed by atoms with Gasteiger partial charge < -0.3 is 9.84 Å². The molecule has 2 unspecified atom stereocenters. The van der Waals surface area contributed by atoms with Crippen LogP contribution >= 0.6 is 0 Å². The minimum absolute atomic E-state index is 0.169. The molecule has 0 heterocycles. The Hall–Kier alpha value is -1.64. The molecule has 0 saturated carbocycles. The summed E-state index contributed by atoms with van der Waals surface area (Å²) in [6.45, 7) is 6.71. The number of benzene rings is 2. The first-order chi connectivity index (χ1) is 10.1. The Bertz CT molecular complexity index is 531. The summed E-state index contributed by atoms with van der Waals surface area (Å²) in [7, 11) is 0. The Labute approximate surface area is 127 Å². The van der Waals surface area contributed by atoms with Crippen LogP contribution in [-0.4, -0.2) is 17.8 Å². The molecule has 0 saturated heterocycles. The van der Waals surface area contributed by atoms with E-state index in [4.69, 9.17) is 4.74 Å². The topological polar surface area (TPSA) is 29.5 Å². The van der Waals surface area contributed by atoms with E-state index in [1.54, 1.807) is 0 Å². The second-order valence-electron chi connectivity index (χ2n) is 5.60. The maximum absolute atomic E-state index is 10.5. The molecule has 0 spiro atoms. The first kappa shape index (κ1) is 15.7. The molecule has 2 aromatic carbocycles. The minimum atomic E-state index is -0.588. The molecule has 0 radical (unpaired) electrons. The summed E-state index contributed by atoms with van der Waals surface area (Å²) in [6.07, 6.45) is -0.757. The smallest absolute Gasteiger partial charge is 0.105 e. The summed E-state index contributed by atoms with van der Waals surface area (Å²) in [5.74, 6) is 0.272. The number of hydrogen-bond donors (Lipinski definition) is 1.